The van der Waals surface area contributed by atoms with Crippen LogP contribution in [0.5, 0.6) is 5.75 Å². The van der Waals surface area contributed by atoms with Gasteiger partial charge in [-0.1, -0.05) is 19.1 Å². The first-order valence-electron chi connectivity index (χ1n) is 10.7. The average Bonchev–Trinajstić information content (AvgIpc) is 3.41. The molecule has 1 aliphatic carbocycles. The number of rotatable bonds is 9. The van der Waals surface area contributed by atoms with Gasteiger partial charge in [0.05, 0.1) is 13.2 Å². The van der Waals surface area contributed by atoms with Gasteiger partial charge in [0.15, 0.2) is 5.96 Å². The minimum absolute atomic E-state index is 0. The number of hydrogen-bond donors (Lipinski definition) is 2. The molecular weight excluding hydrogens is 463 g/mol. The second-order valence-electron chi connectivity index (χ2n) is 7.92. The Balaban J connectivity index is 0.00000280. The highest BCUT2D eigenvalue weighted by molar-refractivity contribution is 14.0. The lowest BCUT2D eigenvalue weighted by atomic mass is 10.1. The number of hydrogen-bond acceptors (Lipinski definition) is 3. The lowest BCUT2D eigenvalue weighted by molar-refractivity contribution is 0.313. The third-order valence-corrected chi connectivity index (χ3v) is 5.37. The molecule has 1 saturated heterocycles. The molecule has 1 saturated carbocycles. The van der Waals surface area contributed by atoms with Gasteiger partial charge in [0.2, 0.25) is 0 Å². The summed E-state index contributed by atoms with van der Waals surface area (Å²) in [6.45, 7) is 12.1. The molecular formula is C22H37IN4O. The summed E-state index contributed by atoms with van der Waals surface area (Å²) in [5, 5.41) is 6.94. The molecule has 0 spiro atoms. The van der Waals surface area contributed by atoms with Crippen molar-refractivity contribution in [2.24, 2.45) is 10.9 Å². The molecule has 1 aromatic carbocycles. The normalized spacial score (nSPS) is 20.0. The van der Waals surface area contributed by atoms with Crippen LogP contribution in [0.1, 0.15) is 50.7 Å². The minimum Gasteiger partial charge on any atom is -0.493 e. The van der Waals surface area contributed by atoms with Gasteiger partial charge in [0.25, 0.3) is 0 Å². The SMILES string of the molecule is CCCOc1cc(C)ccc1CN=C(NCC)NCC1CCN(C2CC2)C1.I. The third-order valence-electron chi connectivity index (χ3n) is 5.37. The fourth-order valence-electron chi connectivity index (χ4n) is 3.69. The van der Waals surface area contributed by atoms with Gasteiger partial charge >= 0.3 is 0 Å². The quantitative estimate of drug-likeness (QED) is 0.307. The molecule has 1 aliphatic heterocycles. The van der Waals surface area contributed by atoms with E-state index in [1.807, 2.05) is 0 Å². The third kappa shape index (κ3) is 7.10. The van der Waals surface area contributed by atoms with Crippen LogP contribution in [0.4, 0.5) is 0 Å². The molecule has 0 radical (unpaired) electrons. The fourth-order valence-corrected chi connectivity index (χ4v) is 3.69. The predicted octanol–water partition coefficient (Wildman–Crippen LogP) is 3.94. The van der Waals surface area contributed by atoms with Crippen molar-refractivity contribution in [1.82, 2.24) is 15.5 Å². The molecule has 1 heterocycles. The highest BCUT2D eigenvalue weighted by Crippen LogP contribution is 2.31. The summed E-state index contributed by atoms with van der Waals surface area (Å²) in [6, 6.07) is 7.28. The number of nitrogens with zero attached hydrogens (tertiary/aromatic N) is 2. The predicted molar refractivity (Wildman–Crippen MR) is 128 cm³/mol. The van der Waals surface area contributed by atoms with E-state index >= 15 is 0 Å². The number of aliphatic imine (C=N–C) groups is 1. The van der Waals surface area contributed by atoms with Crippen LogP contribution in [-0.4, -0.2) is 49.7 Å². The standard InChI is InChI=1S/C22H36N4O.HI/c1-4-12-27-21-13-17(3)6-7-19(21)15-25-22(23-5-2)24-14-18-10-11-26(16-18)20-8-9-20;/h6-7,13,18,20H,4-5,8-12,14-16H2,1-3H3,(H2,23,24,25);1H. The average molecular weight is 500 g/mol. The molecule has 5 nitrogen and oxygen atoms in total. The van der Waals surface area contributed by atoms with Gasteiger partial charge in [-0.15, -0.1) is 24.0 Å². The van der Waals surface area contributed by atoms with Crippen LogP contribution in [0.15, 0.2) is 23.2 Å². The first-order valence-corrected chi connectivity index (χ1v) is 10.7. The Bertz CT molecular complexity index is 633. The second kappa shape index (κ2) is 11.9. The minimum atomic E-state index is 0. The Labute approximate surface area is 187 Å². The number of aryl methyl sites for hydroxylation is 1. The molecule has 6 heteroatoms. The maximum absolute atomic E-state index is 5.93. The van der Waals surface area contributed by atoms with E-state index in [0.29, 0.717) is 6.54 Å². The first kappa shape index (κ1) is 23.3. The van der Waals surface area contributed by atoms with Crippen molar-refractivity contribution in [2.75, 3.05) is 32.8 Å². The monoisotopic (exact) mass is 500 g/mol. The van der Waals surface area contributed by atoms with Gasteiger partial charge < -0.3 is 20.3 Å². The molecule has 1 atom stereocenters. The van der Waals surface area contributed by atoms with Crippen molar-refractivity contribution in [3.8, 4) is 5.75 Å². The van der Waals surface area contributed by atoms with E-state index < -0.39 is 0 Å². The van der Waals surface area contributed by atoms with E-state index in [2.05, 4.69) is 54.5 Å². The summed E-state index contributed by atoms with van der Waals surface area (Å²) in [6.07, 6.45) is 5.13. The summed E-state index contributed by atoms with van der Waals surface area (Å²) < 4.78 is 5.93. The largest absolute Gasteiger partial charge is 0.493 e. The Morgan fingerprint density at radius 1 is 1.21 bits per heavy atom. The zero-order chi connectivity index (χ0) is 19.1. The van der Waals surface area contributed by atoms with Crippen LogP contribution in [-0.2, 0) is 6.54 Å². The van der Waals surface area contributed by atoms with Gasteiger partial charge in [-0.3, -0.25) is 0 Å². The topological polar surface area (TPSA) is 48.9 Å². The van der Waals surface area contributed by atoms with Crippen LogP contribution < -0.4 is 15.4 Å². The molecule has 2 aliphatic rings. The lowest BCUT2D eigenvalue weighted by Gasteiger charge is -2.17. The molecule has 0 bridgehead atoms. The molecule has 2 N–H and O–H groups in total. The molecule has 3 rings (SSSR count). The van der Waals surface area contributed by atoms with Gasteiger partial charge in [0.1, 0.15) is 5.75 Å². The van der Waals surface area contributed by atoms with Gasteiger partial charge in [-0.25, -0.2) is 4.99 Å². The molecule has 28 heavy (non-hydrogen) atoms. The number of nitrogens with one attached hydrogen (secondary N) is 2. The van der Waals surface area contributed by atoms with Crippen molar-refractivity contribution >= 4 is 29.9 Å². The molecule has 2 fully saturated rings. The Kier molecular flexibility index (Phi) is 9.85. The Morgan fingerprint density at radius 3 is 2.75 bits per heavy atom. The maximum Gasteiger partial charge on any atom is 0.191 e. The highest BCUT2D eigenvalue weighted by atomic mass is 127. The second-order valence-corrected chi connectivity index (χ2v) is 7.92. The summed E-state index contributed by atoms with van der Waals surface area (Å²) in [5.74, 6) is 2.61. The highest BCUT2D eigenvalue weighted by Gasteiger charge is 2.34. The van der Waals surface area contributed by atoms with E-state index in [9.17, 15) is 0 Å². The number of likely N-dealkylation sites (tertiary alicyclic amines) is 1. The number of halogens is 1. The maximum atomic E-state index is 5.93. The van der Waals surface area contributed by atoms with Crippen molar-refractivity contribution in [1.29, 1.82) is 0 Å². The van der Waals surface area contributed by atoms with Crippen LogP contribution in [0.3, 0.4) is 0 Å². The van der Waals surface area contributed by atoms with Crippen molar-refractivity contribution in [3.05, 3.63) is 29.3 Å². The van der Waals surface area contributed by atoms with E-state index in [-0.39, 0.29) is 24.0 Å². The number of benzene rings is 1. The Hall–Kier alpha value is -1.02. The van der Waals surface area contributed by atoms with Crippen LogP contribution in [0, 0.1) is 12.8 Å². The molecule has 158 valence electrons. The number of guanidine groups is 1. The van der Waals surface area contributed by atoms with Crippen LogP contribution >= 0.6 is 24.0 Å². The summed E-state index contributed by atoms with van der Waals surface area (Å²) in [5.41, 5.74) is 2.37. The van der Waals surface area contributed by atoms with E-state index in [1.165, 1.54) is 37.9 Å². The van der Waals surface area contributed by atoms with Crippen LogP contribution in [0.2, 0.25) is 0 Å². The summed E-state index contributed by atoms with van der Waals surface area (Å²) in [7, 11) is 0. The molecule has 1 aromatic rings. The molecule has 0 aromatic heterocycles. The molecule has 0 amide bonds. The molecule has 1 unspecified atom stereocenters. The van der Waals surface area contributed by atoms with Gasteiger partial charge in [-0.2, -0.15) is 0 Å². The van der Waals surface area contributed by atoms with Crippen molar-refractivity contribution in [2.45, 2.75) is 59.0 Å². The van der Waals surface area contributed by atoms with E-state index in [0.717, 1.165) is 55.3 Å². The smallest absolute Gasteiger partial charge is 0.191 e. The summed E-state index contributed by atoms with van der Waals surface area (Å²) in [4.78, 5) is 7.48. The summed E-state index contributed by atoms with van der Waals surface area (Å²) >= 11 is 0. The van der Waals surface area contributed by atoms with Crippen LogP contribution in [0.25, 0.3) is 0 Å². The zero-order valence-electron chi connectivity index (χ0n) is 17.7. The number of ether oxygens (including phenoxy) is 1. The zero-order valence-corrected chi connectivity index (χ0v) is 20.0. The lowest BCUT2D eigenvalue weighted by Crippen LogP contribution is -2.40. The Morgan fingerprint density at radius 2 is 2.04 bits per heavy atom. The van der Waals surface area contributed by atoms with Gasteiger partial charge in [0, 0.05) is 31.2 Å². The fraction of sp³-hybridized carbons (Fsp3) is 0.682. The van der Waals surface area contributed by atoms with Crippen molar-refractivity contribution in [3.63, 3.8) is 0 Å². The first-order chi connectivity index (χ1) is 13.2. The van der Waals surface area contributed by atoms with E-state index in [1.54, 1.807) is 0 Å². The van der Waals surface area contributed by atoms with Gasteiger partial charge in [-0.05, 0) is 63.6 Å². The van der Waals surface area contributed by atoms with Crippen molar-refractivity contribution < 1.29 is 4.74 Å². The van der Waals surface area contributed by atoms with E-state index in [4.69, 9.17) is 9.73 Å².